The van der Waals surface area contributed by atoms with Crippen LogP contribution in [0.4, 0.5) is 5.69 Å². The van der Waals surface area contributed by atoms with Gasteiger partial charge in [0.2, 0.25) is 10.0 Å². The summed E-state index contributed by atoms with van der Waals surface area (Å²) in [6.45, 7) is 2.00. The Labute approximate surface area is 102 Å². The van der Waals surface area contributed by atoms with E-state index in [1.807, 2.05) is 6.07 Å². The molecule has 0 aromatic heterocycles. The molecule has 5 nitrogen and oxygen atoms in total. The van der Waals surface area contributed by atoms with Crippen LogP contribution in [0.2, 0.25) is 0 Å². The van der Waals surface area contributed by atoms with Gasteiger partial charge < -0.3 is 11.5 Å². The first-order valence-corrected chi connectivity index (χ1v) is 7.17. The van der Waals surface area contributed by atoms with Crippen LogP contribution in [0.15, 0.2) is 24.3 Å². The number of anilines is 1. The predicted molar refractivity (Wildman–Crippen MR) is 70.3 cm³/mol. The summed E-state index contributed by atoms with van der Waals surface area (Å²) < 4.78 is 25.3. The van der Waals surface area contributed by atoms with Crippen LogP contribution >= 0.6 is 0 Å². The summed E-state index contributed by atoms with van der Waals surface area (Å²) >= 11 is 0. The Balaban J connectivity index is 2.79. The molecule has 6 heteroatoms. The molecule has 1 atom stereocenters. The van der Waals surface area contributed by atoms with Crippen LogP contribution in [-0.4, -0.2) is 26.8 Å². The molecule has 0 fully saturated rings. The summed E-state index contributed by atoms with van der Waals surface area (Å²) in [5.41, 5.74) is 12.7. The van der Waals surface area contributed by atoms with E-state index in [0.29, 0.717) is 18.7 Å². The Kier molecular flexibility index (Phi) is 4.92. The van der Waals surface area contributed by atoms with Gasteiger partial charge in [0.05, 0.1) is 5.75 Å². The number of hydrogen-bond donors (Lipinski definition) is 3. The Bertz CT molecular complexity index is 460. The van der Waals surface area contributed by atoms with Gasteiger partial charge in [0, 0.05) is 18.3 Å². The second-order valence-electron chi connectivity index (χ2n) is 3.91. The maximum Gasteiger partial charge on any atom is 0.232 e. The van der Waals surface area contributed by atoms with Gasteiger partial charge in [0.15, 0.2) is 0 Å². The second-order valence-corrected chi connectivity index (χ2v) is 5.92. The lowest BCUT2D eigenvalue weighted by molar-refractivity contribution is 0.602. The molecule has 1 aromatic rings. The summed E-state index contributed by atoms with van der Waals surface area (Å²) in [6, 6.07) is 7.09. The summed E-state index contributed by atoms with van der Waals surface area (Å²) in [5.74, 6) is 0.0551. The Morgan fingerprint density at radius 3 is 2.71 bits per heavy atom. The third kappa shape index (κ3) is 4.72. The maximum absolute atomic E-state index is 11.4. The van der Waals surface area contributed by atoms with Crippen LogP contribution in [0.1, 0.15) is 12.5 Å². The molecule has 0 saturated heterocycles. The molecule has 0 spiro atoms. The van der Waals surface area contributed by atoms with Crippen molar-refractivity contribution >= 4 is 15.7 Å². The molecule has 1 aromatic carbocycles. The highest BCUT2D eigenvalue weighted by Gasteiger charge is 2.07. The average Bonchev–Trinajstić information content (AvgIpc) is 2.29. The molecule has 17 heavy (non-hydrogen) atoms. The summed E-state index contributed by atoms with van der Waals surface area (Å²) in [5, 5.41) is 0. The monoisotopic (exact) mass is 257 g/mol. The van der Waals surface area contributed by atoms with Gasteiger partial charge in [-0.05, 0) is 31.0 Å². The van der Waals surface area contributed by atoms with Crippen LogP contribution in [0.3, 0.4) is 0 Å². The number of benzene rings is 1. The molecule has 0 bridgehead atoms. The van der Waals surface area contributed by atoms with Crippen molar-refractivity contribution in [1.82, 2.24) is 0 Å². The SMILES string of the molecule is CCS(=O)(=O)Nc1cccc(CC(N)CN)c1. The van der Waals surface area contributed by atoms with Gasteiger partial charge in [0.25, 0.3) is 0 Å². The van der Waals surface area contributed by atoms with E-state index < -0.39 is 10.0 Å². The Hall–Kier alpha value is -1.11. The van der Waals surface area contributed by atoms with Crippen molar-refractivity contribution in [3.05, 3.63) is 29.8 Å². The number of nitrogens with one attached hydrogen (secondary N) is 1. The molecule has 0 aliphatic heterocycles. The fraction of sp³-hybridized carbons (Fsp3) is 0.455. The minimum absolute atomic E-state index is 0.0551. The molecule has 1 unspecified atom stereocenters. The standard InChI is InChI=1S/C11H19N3O2S/c1-2-17(15,16)14-11-5-3-4-9(7-11)6-10(13)8-12/h3-5,7,10,14H,2,6,8,12-13H2,1H3. The van der Waals surface area contributed by atoms with Crippen LogP contribution in [0, 0.1) is 0 Å². The summed E-state index contributed by atoms with van der Waals surface area (Å²) in [7, 11) is -3.23. The van der Waals surface area contributed by atoms with Gasteiger partial charge in [0.1, 0.15) is 0 Å². The van der Waals surface area contributed by atoms with E-state index in [1.54, 1.807) is 25.1 Å². The number of rotatable bonds is 6. The first-order chi connectivity index (χ1) is 7.96. The zero-order valence-electron chi connectivity index (χ0n) is 9.89. The van der Waals surface area contributed by atoms with Gasteiger partial charge in [-0.2, -0.15) is 0 Å². The lowest BCUT2D eigenvalue weighted by atomic mass is 10.1. The molecule has 96 valence electrons. The molecule has 0 saturated carbocycles. The predicted octanol–water partition coefficient (Wildman–Crippen LogP) is 0.277. The van der Waals surface area contributed by atoms with Crippen LogP contribution in [0.5, 0.6) is 0 Å². The van der Waals surface area contributed by atoms with Gasteiger partial charge >= 0.3 is 0 Å². The average molecular weight is 257 g/mol. The smallest absolute Gasteiger partial charge is 0.232 e. The second kappa shape index (κ2) is 6.00. The van der Waals surface area contributed by atoms with E-state index in [9.17, 15) is 8.42 Å². The maximum atomic E-state index is 11.4. The van der Waals surface area contributed by atoms with E-state index in [2.05, 4.69) is 4.72 Å². The van der Waals surface area contributed by atoms with Crippen molar-refractivity contribution in [2.24, 2.45) is 11.5 Å². The quantitative estimate of drug-likeness (QED) is 0.681. The molecule has 0 amide bonds. The highest BCUT2D eigenvalue weighted by Crippen LogP contribution is 2.13. The number of sulfonamides is 1. The zero-order chi connectivity index (χ0) is 12.9. The van der Waals surface area contributed by atoms with Crippen molar-refractivity contribution in [2.75, 3.05) is 17.0 Å². The normalized spacial score (nSPS) is 13.4. The first kappa shape index (κ1) is 14.0. The minimum Gasteiger partial charge on any atom is -0.329 e. The van der Waals surface area contributed by atoms with Crippen LogP contribution in [-0.2, 0) is 16.4 Å². The molecule has 0 aliphatic rings. The van der Waals surface area contributed by atoms with Crippen molar-refractivity contribution in [2.45, 2.75) is 19.4 Å². The lowest BCUT2D eigenvalue weighted by Crippen LogP contribution is -2.31. The number of hydrogen-bond acceptors (Lipinski definition) is 4. The third-order valence-corrected chi connectivity index (χ3v) is 3.69. The molecule has 5 N–H and O–H groups in total. The highest BCUT2D eigenvalue weighted by atomic mass is 32.2. The first-order valence-electron chi connectivity index (χ1n) is 5.52. The van der Waals surface area contributed by atoms with E-state index in [0.717, 1.165) is 5.56 Å². The Morgan fingerprint density at radius 2 is 2.12 bits per heavy atom. The van der Waals surface area contributed by atoms with E-state index in [1.165, 1.54) is 0 Å². The molecular weight excluding hydrogens is 238 g/mol. The summed E-state index contributed by atoms with van der Waals surface area (Å²) in [6.07, 6.45) is 0.637. The molecule has 1 rings (SSSR count). The van der Waals surface area contributed by atoms with Crippen molar-refractivity contribution in [3.63, 3.8) is 0 Å². The fourth-order valence-corrected chi connectivity index (χ4v) is 2.03. The van der Waals surface area contributed by atoms with Crippen LogP contribution < -0.4 is 16.2 Å². The molecule has 0 heterocycles. The van der Waals surface area contributed by atoms with E-state index >= 15 is 0 Å². The Morgan fingerprint density at radius 1 is 1.41 bits per heavy atom. The minimum atomic E-state index is -3.23. The fourth-order valence-electron chi connectivity index (χ4n) is 1.40. The lowest BCUT2D eigenvalue weighted by Gasteiger charge is -2.11. The molecular formula is C11H19N3O2S. The van der Waals surface area contributed by atoms with Gasteiger partial charge in [-0.15, -0.1) is 0 Å². The van der Waals surface area contributed by atoms with Crippen molar-refractivity contribution in [3.8, 4) is 0 Å². The molecule has 0 radical (unpaired) electrons. The highest BCUT2D eigenvalue weighted by molar-refractivity contribution is 7.92. The van der Waals surface area contributed by atoms with Crippen LogP contribution in [0.25, 0.3) is 0 Å². The van der Waals surface area contributed by atoms with Gasteiger partial charge in [-0.25, -0.2) is 8.42 Å². The van der Waals surface area contributed by atoms with Gasteiger partial charge in [-0.1, -0.05) is 12.1 Å². The molecule has 0 aliphatic carbocycles. The van der Waals surface area contributed by atoms with Crippen molar-refractivity contribution in [1.29, 1.82) is 0 Å². The largest absolute Gasteiger partial charge is 0.329 e. The topological polar surface area (TPSA) is 98.2 Å². The zero-order valence-corrected chi connectivity index (χ0v) is 10.7. The third-order valence-electron chi connectivity index (χ3n) is 2.38. The van der Waals surface area contributed by atoms with E-state index in [-0.39, 0.29) is 11.8 Å². The van der Waals surface area contributed by atoms with E-state index in [4.69, 9.17) is 11.5 Å². The summed E-state index contributed by atoms with van der Waals surface area (Å²) in [4.78, 5) is 0. The van der Waals surface area contributed by atoms with Crippen molar-refractivity contribution < 1.29 is 8.42 Å². The number of nitrogens with two attached hydrogens (primary N) is 2. The van der Waals surface area contributed by atoms with Gasteiger partial charge in [-0.3, -0.25) is 4.72 Å².